The van der Waals surface area contributed by atoms with Crippen molar-refractivity contribution in [1.29, 1.82) is 0 Å². The van der Waals surface area contributed by atoms with Crippen molar-refractivity contribution in [3.05, 3.63) is 5.82 Å². The monoisotopic (exact) mass is 215 g/mol. The van der Waals surface area contributed by atoms with Crippen LogP contribution in [0.3, 0.4) is 0 Å². The molecular formula is C6H9N5O2S. The topological polar surface area (TPSA) is 116 Å². The minimum atomic E-state index is -0.753. The van der Waals surface area contributed by atoms with Crippen molar-refractivity contribution in [1.82, 2.24) is 9.36 Å². The van der Waals surface area contributed by atoms with Crippen LogP contribution in [0, 0.1) is 0 Å². The largest absolute Gasteiger partial charge is 0.395 e. The zero-order valence-electron chi connectivity index (χ0n) is 7.43. The van der Waals surface area contributed by atoms with Gasteiger partial charge >= 0.3 is 0 Å². The molecule has 76 valence electrons. The van der Waals surface area contributed by atoms with Crippen LogP contribution in [0.25, 0.3) is 0 Å². The third-order valence-electron chi connectivity index (χ3n) is 1.17. The molecule has 0 fully saturated rings. The SMILES string of the molecule is CCO/N=C(/C(N)=O)c1nsc(N)n1. The summed E-state index contributed by atoms with van der Waals surface area (Å²) in [6, 6.07) is 0. The fourth-order valence-electron chi connectivity index (χ4n) is 0.656. The standard InChI is InChI=1S/C6H9N5O2S/c1-2-13-10-3(4(7)12)5-9-6(8)14-11-5/h2H2,1H3,(H2,7,12)(H2,8,9,11)/b10-3-. The number of primary amides is 1. The van der Waals surface area contributed by atoms with Crippen LogP contribution in [0.4, 0.5) is 5.13 Å². The molecule has 1 amide bonds. The average molecular weight is 215 g/mol. The van der Waals surface area contributed by atoms with E-state index < -0.39 is 5.91 Å². The van der Waals surface area contributed by atoms with Gasteiger partial charge in [-0.15, -0.1) is 0 Å². The zero-order valence-corrected chi connectivity index (χ0v) is 8.24. The zero-order chi connectivity index (χ0) is 10.6. The van der Waals surface area contributed by atoms with E-state index in [4.69, 9.17) is 16.3 Å². The van der Waals surface area contributed by atoms with Gasteiger partial charge in [-0.25, -0.2) is 0 Å². The maximum Gasteiger partial charge on any atom is 0.274 e. The van der Waals surface area contributed by atoms with Crippen LogP contribution in [0.5, 0.6) is 0 Å². The Balaban J connectivity index is 2.94. The summed E-state index contributed by atoms with van der Waals surface area (Å²) in [5.41, 5.74) is 10.3. The molecule has 8 heteroatoms. The van der Waals surface area contributed by atoms with Crippen LogP contribution >= 0.6 is 11.5 Å². The highest BCUT2D eigenvalue weighted by molar-refractivity contribution is 7.09. The van der Waals surface area contributed by atoms with Crippen LogP contribution < -0.4 is 11.5 Å². The molecule has 1 rings (SSSR count). The Morgan fingerprint density at radius 2 is 2.43 bits per heavy atom. The van der Waals surface area contributed by atoms with Gasteiger partial charge in [0.1, 0.15) is 6.61 Å². The molecule has 14 heavy (non-hydrogen) atoms. The number of carbonyl (C=O) groups excluding carboxylic acids is 1. The van der Waals surface area contributed by atoms with Gasteiger partial charge in [-0.2, -0.15) is 9.36 Å². The third kappa shape index (κ3) is 2.39. The maximum atomic E-state index is 10.9. The second-order valence-electron chi connectivity index (χ2n) is 2.18. The lowest BCUT2D eigenvalue weighted by Crippen LogP contribution is -2.25. The molecule has 0 unspecified atom stereocenters. The minimum Gasteiger partial charge on any atom is -0.395 e. The molecule has 1 heterocycles. The highest BCUT2D eigenvalue weighted by Gasteiger charge is 2.16. The number of oxime groups is 1. The van der Waals surface area contributed by atoms with Crippen molar-refractivity contribution in [2.75, 3.05) is 12.3 Å². The Labute approximate surface area is 83.9 Å². The highest BCUT2D eigenvalue weighted by atomic mass is 32.1. The number of hydrogen-bond acceptors (Lipinski definition) is 7. The van der Waals surface area contributed by atoms with Crippen LogP contribution in [-0.2, 0) is 9.63 Å². The molecular weight excluding hydrogens is 206 g/mol. The summed E-state index contributed by atoms with van der Waals surface area (Å²) >= 11 is 0.956. The molecule has 1 aromatic heterocycles. The molecule has 0 radical (unpaired) electrons. The number of nitrogens with zero attached hydrogens (tertiary/aromatic N) is 3. The summed E-state index contributed by atoms with van der Waals surface area (Å²) < 4.78 is 3.78. The second-order valence-corrected chi connectivity index (χ2v) is 2.96. The van der Waals surface area contributed by atoms with E-state index in [-0.39, 0.29) is 16.7 Å². The first-order chi connectivity index (χ1) is 6.65. The first kappa shape index (κ1) is 10.4. The Kier molecular flexibility index (Phi) is 3.35. The van der Waals surface area contributed by atoms with Gasteiger partial charge in [-0.1, -0.05) is 5.16 Å². The van der Waals surface area contributed by atoms with Crippen molar-refractivity contribution in [3.8, 4) is 0 Å². The quantitative estimate of drug-likeness (QED) is 0.511. The predicted octanol–water partition coefficient (Wildman–Crippen LogP) is -0.654. The first-order valence-corrected chi connectivity index (χ1v) is 4.51. The predicted molar refractivity (Wildman–Crippen MR) is 51.7 cm³/mol. The fraction of sp³-hybridized carbons (Fsp3) is 0.333. The lowest BCUT2D eigenvalue weighted by atomic mass is 10.3. The van der Waals surface area contributed by atoms with Gasteiger partial charge in [0.05, 0.1) is 0 Å². The van der Waals surface area contributed by atoms with Crippen LogP contribution in [0.1, 0.15) is 12.7 Å². The van der Waals surface area contributed by atoms with E-state index in [1.54, 1.807) is 6.92 Å². The van der Waals surface area contributed by atoms with Crippen LogP contribution in [-0.4, -0.2) is 27.6 Å². The molecule has 0 aliphatic heterocycles. The lowest BCUT2D eigenvalue weighted by molar-refractivity contribution is -0.112. The molecule has 0 atom stereocenters. The summed E-state index contributed by atoms with van der Waals surface area (Å²) in [6.07, 6.45) is 0. The summed E-state index contributed by atoms with van der Waals surface area (Å²) in [5.74, 6) is -0.662. The van der Waals surface area contributed by atoms with Gasteiger partial charge in [0, 0.05) is 11.5 Å². The van der Waals surface area contributed by atoms with E-state index >= 15 is 0 Å². The van der Waals surface area contributed by atoms with Gasteiger partial charge in [0.15, 0.2) is 5.13 Å². The lowest BCUT2D eigenvalue weighted by Gasteiger charge is -1.96. The van der Waals surface area contributed by atoms with Crippen LogP contribution in [0.2, 0.25) is 0 Å². The van der Waals surface area contributed by atoms with E-state index in [1.165, 1.54) is 0 Å². The minimum absolute atomic E-state index is 0.0912. The van der Waals surface area contributed by atoms with Gasteiger partial charge in [0.25, 0.3) is 5.91 Å². The van der Waals surface area contributed by atoms with Gasteiger partial charge in [-0.3, -0.25) is 4.79 Å². The molecule has 0 bridgehead atoms. The number of aromatic nitrogens is 2. The molecule has 0 spiro atoms. The second kappa shape index (κ2) is 4.51. The summed E-state index contributed by atoms with van der Waals surface area (Å²) in [7, 11) is 0. The number of carbonyl (C=O) groups is 1. The maximum absolute atomic E-state index is 10.9. The van der Waals surface area contributed by atoms with E-state index in [0.717, 1.165) is 11.5 Å². The molecule has 0 saturated heterocycles. The van der Waals surface area contributed by atoms with Gasteiger partial charge in [-0.05, 0) is 6.92 Å². The Morgan fingerprint density at radius 1 is 1.71 bits per heavy atom. The number of amides is 1. The average Bonchev–Trinajstić information content (AvgIpc) is 2.52. The normalized spacial score (nSPS) is 11.4. The molecule has 1 aromatic rings. The summed E-state index contributed by atoms with van der Waals surface area (Å²) in [6.45, 7) is 2.06. The summed E-state index contributed by atoms with van der Waals surface area (Å²) in [5, 5.41) is 3.73. The van der Waals surface area contributed by atoms with Crippen LogP contribution in [0.15, 0.2) is 5.16 Å². The number of hydrogen-bond donors (Lipinski definition) is 2. The number of nitrogens with two attached hydrogens (primary N) is 2. The van der Waals surface area contributed by atoms with Crippen molar-refractivity contribution < 1.29 is 9.63 Å². The van der Waals surface area contributed by atoms with E-state index in [2.05, 4.69) is 14.5 Å². The molecule has 0 aliphatic rings. The number of nitrogen functional groups attached to an aromatic ring is 1. The van der Waals surface area contributed by atoms with Crippen molar-refractivity contribution in [2.45, 2.75) is 6.92 Å². The summed E-state index contributed by atoms with van der Waals surface area (Å²) in [4.78, 5) is 19.4. The number of anilines is 1. The third-order valence-corrected chi connectivity index (χ3v) is 1.71. The Bertz CT molecular complexity index is 361. The van der Waals surface area contributed by atoms with Gasteiger partial charge in [0.2, 0.25) is 11.5 Å². The first-order valence-electron chi connectivity index (χ1n) is 3.74. The number of rotatable bonds is 4. The van der Waals surface area contributed by atoms with Crippen molar-refractivity contribution >= 4 is 28.3 Å². The molecule has 0 saturated carbocycles. The molecule has 7 nitrogen and oxygen atoms in total. The van der Waals surface area contributed by atoms with E-state index in [1.807, 2.05) is 0 Å². The Morgan fingerprint density at radius 3 is 2.86 bits per heavy atom. The van der Waals surface area contributed by atoms with Crippen molar-refractivity contribution in [3.63, 3.8) is 0 Å². The van der Waals surface area contributed by atoms with E-state index in [0.29, 0.717) is 6.61 Å². The smallest absolute Gasteiger partial charge is 0.274 e. The molecule has 0 aromatic carbocycles. The van der Waals surface area contributed by atoms with Gasteiger partial charge < -0.3 is 16.3 Å². The molecule has 4 N–H and O–H groups in total. The fourth-order valence-corrected chi connectivity index (χ4v) is 1.09. The van der Waals surface area contributed by atoms with E-state index in [9.17, 15) is 4.79 Å². The molecule has 0 aliphatic carbocycles. The Hall–Kier alpha value is -1.70. The highest BCUT2D eigenvalue weighted by Crippen LogP contribution is 2.06. The van der Waals surface area contributed by atoms with Crippen molar-refractivity contribution in [2.24, 2.45) is 10.9 Å².